The first-order valence-electron chi connectivity index (χ1n) is 5.49. The standard InChI is InChI=1S/C11H18O4/c1-4-13-10(12)9-7-5-14-11(2,3)15-6-8(7)9/h7-9H,4-6H2,1-3H3. The molecule has 86 valence electrons. The highest BCUT2D eigenvalue weighted by molar-refractivity contribution is 5.76. The van der Waals surface area contributed by atoms with Gasteiger partial charge in [0, 0.05) is 11.8 Å². The Balaban J connectivity index is 1.90. The van der Waals surface area contributed by atoms with Gasteiger partial charge in [-0.1, -0.05) is 0 Å². The number of carbonyl (C=O) groups excluding carboxylic acids is 1. The maximum atomic E-state index is 11.5. The fraction of sp³-hybridized carbons (Fsp3) is 0.909. The molecule has 2 rings (SSSR count). The largest absolute Gasteiger partial charge is 0.466 e. The number of hydrogen-bond donors (Lipinski definition) is 0. The second kappa shape index (κ2) is 3.76. The van der Waals surface area contributed by atoms with Crippen LogP contribution in [0.15, 0.2) is 0 Å². The van der Waals surface area contributed by atoms with Gasteiger partial charge in [-0.25, -0.2) is 0 Å². The maximum absolute atomic E-state index is 11.5. The van der Waals surface area contributed by atoms with E-state index in [0.29, 0.717) is 31.7 Å². The average molecular weight is 214 g/mol. The van der Waals surface area contributed by atoms with Crippen LogP contribution in [0.3, 0.4) is 0 Å². The van der Waals surface area contributed by atoms with Crippen LogP contribution in [0.5, 0.6) is 0 Å². The van der Waals surface area contributed by atoms with Gasteiger partial charge >= 0.3 is 5.97 Å². The lowest BCUT2D eigenvalue weighted by Gasteiger charge is -2.24. The van der Waals surface area contributed by atoms with Gasteiger partial charge in [0.15, 0.2) is 5.79 Å². The molecule has 0 amide bonds. The Morgan fingerprint density at radius 2 is 1.87 bits per heavy atom. The molecule has 2 aliphatic rings. The molecule has 0 radical (unpaired) electrons. The Morgan fingerprint density at radius 1 is 1.33 bits per heavy atom. The third-order valence-electron chi connectivity index (χ3n) is 3.14. The average Bonchev–Trinajstić information content (AvgIpc) is 2.86. The van der Waals surface area contributed by atoms with E-state index in [4.69, 9.17) is 14.2 Å². The predicted molar refractivity (Wildman–Crippen MR) is 53.1 cm³/mol. The van der Waals surface area contributed by atoms with Crippen LogP contribution in [-0.4, -0.2) is 31.6 Å². The summed E-state index contributed by atoms with van der Waals surface area (Å²) in [5, 5.41) is 0. The molecule has 0 bridgehead atoms. The van der Waals surface area contributed by atoms with Gasteiger partial charge in [-0.15, -0.1) is 0 Å². The highest BCUT2D eigenvalue weighted by atomic mass is 16.7. The van der Waals surface area contributed by atoms with Gasteiger partial charge in [0.25, 0.3) is 0 Å². The molecule has 1 aliphatic heterocycles. The van der Waals surface area contributed by atoms with E-state index in [1.165, 1.54) is 0 Å². The molecule has 1 saturated heterocycles. The fourth-order valence-electron chi connectivity index (χ4n) is 2.12. The zero-order valence-corrected chi connectivity index (χ0v) is 9.49. The van der Waals surface area contributed by atoms with Crippen LogP contribution < -0.4 is 0 Å². The number of ether oxygens (including phenoxy) is 3. The smallest absolute Gasteiger partial charge is 0.309 e. The molecular weight excluding hydrogens is 196 g/mol. The molecule has 1 heterocycles. The first-order chi connectivity index (χ1) is 7.05. The van der Waals surface area contributed by atoms with Gasteiger partial charge in [-0.2, -0.15) is 0 Å². The van der Waals surface area contributed by atoms with Crippen LogP contribution in [0.1, 0.15) is 20.8 Å². The summed E-state index contributed by atoms with van der Waals surface area (Å²) in [6.07, 6.45) is 0. The van der Waals surface area contributed by atoms with E-state index in [9.17, 15) is 4.79 Å². The van der Waals surface area contributed by atoms with E-state index in [0.717, 1.165) is 0 Å². The lowest BCUT2D eigenvalue weighted by atomic mass is 10.3. The number of hydrogen-bond acceptors (Lipinski definition) is 4. The van der Waals surface area contributed by atoms with Gasteiger partial charge in [0.05, 0.1) is 25.7 Å². The van der Waals surface area contributed by atoms with Crippen molar-refractivity contribution in [3.8, 4) is 0 Å². The molecule has 1 saturated carbocycles. The third-order valence-corrected chi connectivity index (χ3v) is 3.14. The van der Waals surface area contributed by atoms with Crippen molar-refractivity contribution in [2.45, 2.75) is 26.6 Å². The Bertz CT molecular complexity index is 245. The molecule has 1 aliphatic carbocycles. The van der Waals surface area contributed by atoms with E-state index >= 15 is 0 Å². The summed E-state index contributed by atoms with van der Waals surface area (Å²) in [5.41, 5.74) is 0. The minimum absolute atomic E-state index is 0.000972. The van der Waals surface area contributed by atoms with E-state index in [2.05, 4.69) is 0 Å². The molecule has 0 aromatic carbocycles. The normalized spacial score (nSPS) is 37.7. The second-order valence-electron chi connectivity index (χ2n) is 4.63. The maximum Gasteiger partial charge on any atom is 0.309 e. The molecule has 0 aromatic rings. The van der Waals surface area contributed by atoms with Crippen LogP contribution in [0.25, 0.3) is 0 Å². The summed E-state index contributed by atoms with van der Waals surface area (Å²) in [6.45, 7) is 7.27. The first-order valence-corrected chi connectivity index (χ1v) is 5.49. The first kappa shape index (κ1) is 10.9. The van der Waals surface area contributed by atoms with Crippen molar-refractivity contribution in [3.63, 3.8) is 0 Å². The monoisotopic (exact) mass is 214 g/mol. The Kier molecular flexibility index (Phi) is 2.73. The number of rotatable bonds is 2. The zero-order chi connectivity index (χ0) is 11.1. The zero-order valence-electron chi connectivity index (χ0n) is 9.49. The lowest BCUT2D eigenvalue weighted by Crippen LogP contribution is -2.29. The number of carbonyl (C=O) groups is 1. The number of fused-ring (bicyclic) bond motifs is 1. The van der Waals surface area contributed by atoms with Gasteiger partial charge in [0.1, 0.15) is 0 Å². The summed E-state index contributed by atoms with van der Waals surface area (Å²) in [7, 11) is 0. The number of esters is 1. The summed E-state index contributed by atoms with van der Waals surface area (Å²) in [4.78, 5) is 11.5. The second-order valence-corrected chi connectivity index (χ2v) is 4.63. The summed E-state index contributed by atoms with van der Waals surface area (Å²) in [6, 6.07) is 0. The minimum Gasteiger partial charge on any atom is -0.466 e. The molecule has 15 heavy (non-hydrogen) atoms. The summed E-state index contributed by atoms with van der Waals surface area (Å²) in [5.74, 6) is -0.00999. The molecule has 0 spiro atoms. The predicted octanol–water partition coefficient (Wildman–Crippen LogP) is 1.19. The molecule has 0 N–H and O–H groups in total. The highest BCUT2D eigenvalue weighted by Gasteiger charge is 2.57. The van der Waals surface area contributed by atoms with Gasteiger partial charge in [0.2, 0.25) is 0 Å². The van der Waals surface area contributed by atoms with E-state index in [1.54, 1.807) is 0 Å². The summed E-state index contributed by atoms with van der Waals surface area (Å²) < 4.78 is 16.1. The van der Waals surface area contributed by atoms with Crippen molar-refractivity contribution in [1.82, 2.24) is 0 Å². The topological polar surface area (TPSA) is 44.8 Å². The minimum atomic E-state index is -0.507. The van der Waals surface area contributed by atoms with Gasteiger partial charge < -0.3 is 14.2 Å². The Morgan fingerprint density at radius 3 is 2.33 bits per heavy atom. The van der Waals surface area contributed by atoms with Crippen LogP contribution >= 0.6 is 0 Å². The van der Waals surface area contributed by atoms with Crippen LogP contribution in [0.4, 0.5) is 0 Å². The Hall–Kier alpha value is -0.610. The highest BCUT2D eigenvalue weighted by Crippen LogP contribution is 2.50. The third kappa shape index (κ3) is 2.16. The molecule has 2 unspecified atom stereocenters. The van der Waals surface area contributed by atoms with E-state index < -0.39 is 5.79 Å². The van der Waals surface area contributed by atoms with Crippen LogP contribution in [-0.2, 0) is 19.0 Å². The molecule has 4 nitrogen and oxygen atoms in total. The summed E-state index contributed by atoms with van der Waals surface area (Å²) >= 11 is 0. The lowest BCUT2D eigenvalue weighted by molar-refractivity contribution is -0.208. The fourth-order valence-corrected chi connectivity index (χ4v) is 2.12. The van der Waals surface area contributed by atoms with Crippen molar-refractivity contribution in [1.29, 1.82) is 0 Å². The molecule has 4 heteroatoms. The quantitative estimate of drug-likeness (QED) is 0.648. The van der Waals surface area contributed by atoms with Crippen LogP contribution in [0.2, 0.25) is 0 Å². The van der Waals surface area contributed by atoms with Crippen LogP contribution in [0, 0.1) is 17.8 Å². The SMILES string of the molecule is CCOC(=O)C1C2COC(C)(C)OCC21. The molecule has 0 aromatic heterocycles. The Labute approximate surface area is 89.9 Å². The van der Waals surface area contributed by atoms with Crippen molar-refractivity contribution in [2.75, 3.05) is 19.8 Å². The molecule has 2 fully saturated rings. The molecule has 2 atom stereocenters. The van der Waals surface area contributed by atoms with Gasteiger partial charge in [-0.3, -0.25) is 4.79 Å². The van der Waals surface area contributed by atoms with Crippen molar-refractivity contribution < 1.29 is 19.0 Å². The van der Waals surface area contributed by atoms with Crippen molar-refractivity contribution in [3.05, 3.63) is 0 Å². The van der Waals surface area contributed by atoms with Gasteiger partial charge in [-0.05, 0) is 20.8 Å². The van der Waals surface area contributed by atoms with Crippen molar-refractivity contribution in [2.24, 2.45) is 17.8 Å². The molecular formula is C11H18O4. The van der Waals surface area contributed by atoms with E-state index in [-0.39, 0.29) is 11.9 Å². The van der Waals surface area contributed by atoms with Crippen molar-refractivity contribution >= 4 is 5.97 Å². The van der Waals surface area contributed by atoms with E-state index in [1.807, 2.05) is 20.8 Å².